The number of aromatic nitrogens is 2. The smallest absolute Gasteiger partial charge is 0.194 e. The van der Waals surface area contributed by atoms with Gasteiger partial charge in [0.1, 0.15) is 45.9 Å². The number of aromatic hydroxyl groups is 4. The van der Waals surface area contributed by atoms with E-state index in [9.17, 15) is 20.4 Å². The van der Waals surface area contributed by atoms with E-state index in [1.54, 1.807) is 84.9 Å². The molecule has 0 spiro atoms. The second-order valence-corrected chi connectivity index (χ2v) is 19.3. The number of piperidine rings is 2. The van der Waals surface area contributed by atoms with Crippen LogP contribution in [-0.2, 0) is 12.8 Å². The van der Waals surface area contributed by atoms with Crippen molar-refractivity contribution < 1.29 is 43.7 Å². The second-order valence-electron chi connectivity index (χ2n) is 19.3. The molecule has 2 fully saturated rings. The van der Waals surface area contributed by atoms with E-state index in [2.05, 4.69) is 10.6 Å². The molecule has 380 valence electrons. The molecule has 0 amide bonds. The summed E-state index contributed by atoms with van der Waals surface area (Å²) < 4.78 is 25.7. The van der Waals surface area contributed by atoms with Crippen molar-refractivity contribution in [1.82, 2.24) is 20.9 Å². The van der Waals surface area contributed by atoms with Gasteiger partial charge in [0.2, 0.25) is 0 Å². The van der Waals surface area contributed by atoms with Crippen LogP contribution in [0.2, 0.25) is 0 Å². The van der Waals surface area contributed by atoms with Crippen LogP contribution in [-0.4, -0.2) is 74.9 Å². The highest BCUT2D eigenvalue weighted by Gasteiger charge is 2.32. The fourth-order valence-electron chi connectivity index (χ4n) is 10.4. The molecule has 2 saturated heterocycles. The third-order valence-corrected chi connectivity index (χ3v) is 14.4. The zero-order valence-electron chi connectivity index (χ0n) is 41.8. The first-order chi connectivity index (χ1) is 36.1. The summed E-state index contributed by atoms with van der Waals surface area (Å²) in [6, 6.07) is 35.2. The van der Waals surface area contributed by atoms with Crippen LogP contribution in [0.5, 0.6) is 34.5 Å². The summed E-state index contributed by atoms with van der Waals surface area (Å²) in [5.41, 5.74) is 7.82. The first kappa shape index (κ1) is 49.7. The van der Waals surface area contributed by atoms with Gasteiger partial charge in [-0.3, -0.25) is 4.79 Å². The van der Waals surface area contributed by atoms with Gasteiger partial charge in [0.25, 0.3) is 0 Å². The number of nitrogens with one attached hydrogen (secondary N) is 2. The summed E-state index contributed by atoms with van der Waals surface area (Å²) in [5.74, 6) is 1.83. The Morgan fingerprint density at radius 3 is 1.34 bits per heavy atom. The average Bonchev–Trinajstić information content (AvgIpc) is 4.08. The molecule has 6 N–H and O–H groups in total. The average molecular weight is 995 g/mol. The minimum atomic E-state index is -0.346. The van der Waals surface area contributed by atoms with Crippen LogP contribution in [0.25, 0.3) is 67.4 Å². The van der Waals surface area contributed by atoms with Gasteiger partial charge in [-0.25, -0.2) is 0 Å². The van der Waals surface area contributed by atoms with Crippen LogP contribution in [0.1, 0.15) is 92.3 Å². The highest BCUT2D eigenvalue weighted by atomic mass is 16.5. The number of phenols is 4. The maximum atomic E-state index is 16.2. The molecule has 10 rings (SSSR count). The number of ketones is 1. The maximum Gasteiger partial charge on any atom is 0.194 e. The Balaban J connectivity index is 1.18. The minimum absolute atomic E-state index is 0.0734. The van der Waals surface area contributed by atoms with E-state index in [-0.39, 0.29) is 28.8 Å². The Kier molecular flexibility index (Phi) is 15.1. The summed E-state index contributed by atoms with van der Waals surface area (Å²) >= 11 is 0. The number of ether oxygens (including phenoxy) is 2. The SMILES string of the molecule is CCc1cc(O)ccc1-c1noc(-c2ccc(O)cc2)c1-c1cc(OCCC2CCCCN2)ccc1C(=O)c1ccc(OCCC2CCCCN2)cc1-c1c(-c2ccc(O)cc2CC)noc1-c1ccc(O)cc1. The van der Waals surface area contributed by atoms with Gasteiger partial charge >= 0.3 is 0 Å². The summed E-state index contributed by atoms with van der Waals surface area (Å²) in [6.45, 7) is 6.84. The number of benzene rings is 6. The van der Waals surface area contributed by atoms with Crippen molar-refractivity contribution in [2.45, 2.75) is 90.1 Å². The molecule has 2 aliphatic heterocycles. The maximum absolute atomic E-state index is 16.2. The third-order valence-electron chi connectivity index (χ3n) is 14.4. The van der Waals surface area contributed by atoms with Gasteiger partial charge in [0.15, 0.2) is 17.3 Å². The van der Waals surface area contributed by atoms with Crippen molar-refractivity contribution in [3.05, 3.63) is 144 Å². The standard InChI is InChI=1S/C61H62N4O9/c1-3-37-33-45(68)19-23-49(37)57-55(60(73-64-57)39-11-15-43(66)16-12-39)53-35-47(71-31-27-41-9-5-7-29-62-41)21-25-51(53)59(70)52-26-22-48(72-32-28-42-10-6-8-30-63-42)36-54(52)56-58(50-24-20-46(69)34-38(50)4-2)65-74-61(56)40-13-17-44(67)18-14-40/h11-26,33-36,41-42,62-63,66-69H,3-10,27-32H2,1-2H3. The monoisotopic (exact) mass is 994 g/mol. The number of rotatable bonds is 18. The lowest BCUT2D eigenvalue weighted by Gasteiger charge is -2.23. The van der Waals surface area contributed by atoms with Crippen LogP contribution in [0.4, 0.5) is 0 Å². The lowest BCUT2D eigenvalue weighted by atomic mass is 9.85. The fourth-order valence-corrected chi connectivity index (χ4v) is 10.4. The Bertz CT molecular complexity index is 3020. The first-order valence-corrected chi connectivity index (χ1v) is 25.9. The molecule has 0 aliphatic carbocycles. The van der Waals surface area contributed by atoms with E-state index < -0.39 is 0 Å². The molecule has 2 unspecified atom stereocenters. The van der Waals surface area contributed by atoms with Crippen LogP contribution >= 0.6 is 0 Å². The van der Waals surface area contributed by atoms with Gasteiger partial charge < -0.3 is 49.6 Å². The van der Waals surface area contributed by atoms with Gasteiger partial charge in [-0.05, 0) is 197 Å². The van der Waals surface area contributed by atoms with Crippen LogP contribution in [0.3, 0.4) is 0 Å². The number of hydrogen-bond acceptors (Lipinski definition) is 13. The lowest BCUT2D eigenvalue weighted by molar-refractivity contribution is 0.104. The molecule has 4 heterocycles. The topological polar surface area (TPSA) is 193 Å². The molecule has 6 aromatic carbocycles. The Hall–Kier alpha value is -7.87. The molecule has 74 heavy (non-hydrogen) atoms. The number of nitrogens with zero attached hydrogens (tertiary/aromatic N) is 2. The Morgan fingerprint density at radius 1 is 0.527 bits per heavy atom. The lowest BCUT2D eigenvalue weighted by Crippen LogP contribution is -2.35. The first-order valence-electron chi connectivity index (χ1n) is 25.9. The van der Waals surface area contributed by atoms with Crippen LogP contribution in [0, 0.1) is 0 Å². The zero-order chi connectivity index (χ0) is 51.1. The van der Waals surface area contributed by atoms with E-state index in [1.807, 2.05) is 50.2 Å². The van der Waals surface area contributed by atoms with Gasteiger partial charge in [0, 0.05) is 56.6 Å². The molecule has 2 atom stereocenters. The van der Waals surface area contributed by atoms with Crippen LogP contribution in [0.15, 0.2) is 130 Å². The number of hydrogen-bond donors (Lipinski definition) is 6. The molecule has 0 bridgehead atoms. The van der Waals surface area contributed by atoms with E-state index >= 15 is 4.79 Å². The molecule has 13 nitrogen and oxygen atoms in total. The van der Waals surface area contributed by atoms with Crippen molar-refractivity contribution in [2.75, 3.05) is 26.3 Å². The Morgan fingerprint density at radius 2 is 0.946 bits per heavy atom. The molecule has 0 saturated carbocycles. The Labute approximate surface area is 430 Å². The van der Waals surface area contributed by atoms with Crippen molar-refractivity contribution in [2.24, 2.45) is 0 Å². The van der Waals surface area contributed by atoms with Gasteiger partial charge in [-0.1, -0.05) is 37.0 Å². The molecular formula is C61H62N4O9. The summed E-state index contributed by atoms with van der Waals surface area (Å²) in [4.78, 5) is 16.2. The zero-order valence-corrected chi connectivity index (χ0v) is 41.8. The quantitative estimate of drug-likeness (QED) is 0.0445. The summed E-state index contributed by atoms with van der Waals surface area (Å²) in [5, 5.41) is 58.8. The summed E-state index contributed by atoms with van der Waals surface area (Å²) in [7, 11) is 0. The second kappa shape index (κ2) is 22.5. The van der Waals surface area contributed by atoms with E-state index in [4.69, 9.17) is 28.8 Å². The van der Waals surface area contributed by atoms with Crippen LogP contribution < -0.4 is 20.1 Å². The van der Waals surface area contributed by atoms with Gasteiger partial charge in [0.05, 0.1) is 24.3 Å². The molecule has 2 aromatic heterocycles. The highest BCUT2D eigenvalue weighted by molar-refractivity contribution is 6.18. The number of aryl methyl sites for hydroxylation is 2. The number of phenolic OH excluding ortho intramolecular Hbond substituents is 4. The molecule has 8 aromatic rings. The van der Waals surface area contributed by atoms with E-state index in [1.165, 1.54) is 12.8 Å². The normalized spacial score (nSPS) is 15.8. The minimum Gasteiger partial charge on any atom is -0.508 e. The van der Waals surface area contributed by atoms with Gasteiger partial charge in [-0.2, -0.15) is 0 Å². The third kappa shape index (κ3) is 10.8. The number of carbonyl (C=O) groups excluding carboxylic acids is 1. The van der Waals surface area contributed by atoms with Gasteiger partial charge in [-0.15, -0.1) is 0 Å². The van der Waals surface area contributed by atoms with E-state index in [0.717, 1.165) is 62.7 Å². The van der Waals surface area contributed by atoms with Crippen molar-refractivity contribution in [3.63, 3.8) is 0 Å². The molecule has 13 heteroatoms. The van der Waals surface area contributed by atoms with Crippen molar-refractivity contribution in [3.8, 4) is 102 Å². The fraction of sp³-hybridized carbons (Fsp3) is 0.295. The highest BCUT2D eigenvalue weighted by Crippen LogP contribution is 2.48. The van der Waals surface area contributed by atoms with Crippen molar-refractivity contribution in [1.29, 1.82) is 0 Å². The molecule has 0 radical (unpaired) electrons. The number of carbonyl (C=O) groups is 1. The molecule has 2 aliphatic rings. The predicted molar refractivity (Wildman–Crippen MR) is 286 cm³/mol. The predicted octanol–water partition coefficient (Wildman–Crippen LogP) is 12.7. The summed E-state index contributed by atoms with van der Waals surface area (Å²) in [6.07, 6.45) is 9.54. The molecular weight excluding hydrogens is 933 g/mol. The largest absolute Gasteiger partial charge is 0.508 e. The van der Waals surface area contributed by atoms with E-state index in [0.29, 0.717) is 128 Å². The van der Waals surface area contributed by atoms with Crippen molar-refractivity contribution >= 4 is 5.78 Å².